The fourth-order valence-electron chi connectivity index (χ4n) is 2.45. The van der Waals surface area contributed by atoms with Gasteiger partial charge >= 0.3 is 0 Å². The number of nitrogens with zero attached hydrogens (tertiary/aromatic N) is 4. The highest BCUT2D eigenvalue weighted by molar-refractivity contribution is 6.31. The van der Waals surface area contributed by atoms with Crippen LogP contribution in [0.3, 0.4) is 0 Å². The van der Waals surface area contributed by atoms with Crippen molar-refractivity contribution in [1.29, 1.82) is 0 Å². The van der Waals surface area contributed by atoms with Crippen LogP contribution in [0.15, 0.2) is 42.5 Å². The van der Waals surface area contributed by atoms with Crippen LogP contribution in [0.5, 0.6) is 11.5 Å². The molecule has 0 saturated carbocycles. The van der Waals surface area contributed by atoms with Gasteiger partial charge in [0.25, 0.3) is 0 Å². The van der Waals surface area contributed by atoms with E-state index < -0.39 is 0 Å². The molecule has 0 radical (unpaired) electrons. The Balaban J connectivity index is 1.80. The third-order valence-electron chi connectivity index (χ3n) is 3.75. The summed E-state index contributed by atoms with van der Waals surface area (Å²) in [6.45, 7) is 3.33. The number of hydrogen-bond acceptors (Lipinski definition) is 6. The molecule has 0 unspecified atom stereocenters. The van der Waals surface area contributed by atoms with E-state index in [1.165, 1.54) is 0 Å². The number of hydrogen-bond donors (Lipinski definition) is 1. The zero-order valence-electron chi connectivity index (χ0n) is 14.6. The molecule has 2 aromatic carbocycles. The van der Waals surface area contributed by atoms with E-state index in [9.17, 15) is 0 Å². The van der Waals surface area contributed by atoms with E-state index in [1.807, 2.05) is 49.4 Å². The van der Waals surface area contributed by atoms with Crippen LogP contribution >= 0.6 is 11.6 Å². The van der Waals surface area contributed by atoms with Crippen LogP contribution in [-0.2, 0) is 20.2 Å². The maximum Gasteiger partial charge on any atom is 0.242 e. The maximum atomic E-state index is 6.23. The van der Waals surface area contributed by atoms with Crippen LogP contribution in [0.2, 0.25) is 5.02 Å². The molecule has 26 heavy (non-hydrogen) atoms. The van der Waals surface area contributed by atoms with Gasteiger partial charge in [0, 0.05) is 29.7 Å². The SMILES string of the molecule is CCOc1cccc(CNc2nnnn2C)c1OCc1ccccc1Cl. The average molecular weight is 374 g/mol. The van der Waals surface area contributed by atoms with Gasteiger partial charge in [-0.25, -0.2) is 4.68 Å². The number of rotatable bonds is 8. The lowest BCUT2D eigenvalue weighted by atomic mass is 10.1. The van der Waals surface area contributed by atoms with Crippen LogP contribution in [0.25, 0.3) is 0 Å². The summed E-state index contributed by atoms with van der Waals surface area (Å²) in [6.07, 6.45) is 0. The molecule has 0 aliphatic rings. The molecular formula is C18H20ClN5O2. The van der Waals surface area contributed by atoms with Gasteiger partial charge in [0.2, 0.25) is 5.95 Å². The maximum absolute atomic E-state index is 6.23. The van der Waals surface area contributed by atoms with Crippen LogP contribution in [-0.4, -0.2) is 26.8 Å². The summed E-state index contributed by atoms with van der Waals surface area (Å²) in [5.41, 5.74) is 1.85. The largest absolute Gasteiger partial charge is 0.490 e. The molecule has 1 aromatic heterocycles. The molecule has 0 amide bonds. The molecular weight excluding hydrogens is 354 g/mol. The van der Waals surface area contributed by atoms with E-state index >= 15 is 0 Å². The highest BCUT2D eigenvalue weighted by Crippen LogP contribution is 2.33. The van der Waals surface area contributed by atoms with Crippen LogP contribution in [0.4, 0.5) is 5.95 Å². The Morgan fingerprint density at radius 1 is 1.08 bits per heavy atom. The number of halogens is 1. The van der Waals surface area contributed by atoms with Gasteiger partial charge in [0.15, 0.2) is 11.5 Å². The fourth-order valence-corrected chi connectivity index (χ4v) is 2.64. The van der Waals surface area contributed by atoms with E-state index in [2.05, 4.69) is 20.8 Å². The Kier molecular flexibility index (Phi) is 5.91. The van der Waals surface area contributed by atoms with Crippen molar-refractivity contribution < 1.29 is 9.47 Å². The molecule has 0 aliphatic heterocycles. The lowest BCUT2D eigenvalue weighted by Crippen LogP contribution is -2.09. The first kappa shape index (κ1) is 18.0. The molecule has 136 valence electrons. The molecule has 1 heterocycles. The third-order valence-corrected chi connectivity index (χ3v) is 4.12. The number of ether oxygens (including phenoxy) is 2. The van der Waals surface area contributed by atoms with Crippen molar-refractivity contribution in [2.24, 2.45) is 7.05 Å². The molecule has 0 fully saturated rings. The minimum atomic E-state index is 0.349. The van der Waals surface area contributed by atoms with Gasteiger partial charge in [-0.2, -0.15) is 0 Å². The second kappa shape index (κ2) is 8.53. The normalized spacial score (nSPS) is 10.6. The van der Waals surface area contributed by atoms with E-state index in [0.717, 1.165) is 11.1 Å². The summed E-state index contributed by atoms with van der Waals surface area (Å²) in [7, 11) is 1.77. The minimum Gasteiger partial charge on any atom is -0.490 e. The van der Waals surface area contributed by atoms with E-state index in [0.29, 0.717) is 42.2 Å². The molecule has 0 bridgehead atoms. The standard InChI is InChI=1S/C18H20ClN5O2/c1-3-25-16-10-6-8-13(11-20-18-21-22-23-24(18)2)17(16)26-12-14-7-4-5-9-15(14)19/h4-10H,3,11-12H2,1-2H3,(H,20,21,23). The quantitative estimate of drug-likeness (QED) is 0.651. The van der Waals surface area contributed by atoms with Gasteiger partial charge in [-0.05, 0) is 29.5 Å². The monoisotopic (exact) mass is 373 g/mol. The van der Waals surface area contributed by atoms with Crippen molar-refractivity contribution in [2.45, 2.75) is 20.1 Å². The fraction of sp³-hybridized carbons (Fsp3) is 0.278. The van der Waals surface area contributed by atoms with Crippen molar-refractivity contribution >= 4 is 17.5 Å². The zero-order valence-corrected chi connectivity index (χ0v) is 15.4. The van der Waals surface area contributed by atoms with Crippen LogP contribution in [0, 0.1) is 0 Å². The first-order chi connectivity index (χ1) is 12.7. The molecule has 1 N–H and O–H groups in total. The topological polar surface area (TPSA) is 74.1 Å². The van der Waals surface area contributed by atoms with Crippen molar-refractivity contribution in [3.05, 3.63) is 58.6 Å². The van der Waals surface area contributed by atoms with Gasteiger partial charge in [-0.3, -0.25) is 0 Å². The van der Waals surface area contributed by atoms with Gasteiger partial charge < -0.3 is 14.8 Å². The predicted octanol–water partition coefficient (Wildman–Crippen LogP) is 3.45. The summed E-state index contributed by atoms with van der Waals surface area (Å²) >= 11 is 6.23. The smallest absolute Gasteiger partial charge is 0.242 e. The Labute approximate surface area is 156 Å². The lowest BCUT2D eigenvalue weighted by molar-refractivity contribution is 0.267. The minimum absolute atomic E-state index is 0.349. The van der Waals surface area contributed by atoms with Crippen LogP contribution < -0.4 is 14.8 Å². The summed E-state index contributed by atoms with van der Waals surface area (Å²) < 4.78 is 13.4. The van der Waals surface area contributed by atoms with Crippen molar-refractivity contribution in [2.75, 3.05) is 11.9 Å². The van der Waals surface area contributed by atoms with Crippen molar-refractivity contribution in [3.63, 3.8) is 0 Å². The summed E-state index contributed by atoms with van der Waals surface area (Å²) in [5.74, 6) is 1.94. The first-order valence-electron chi connectivity index (χ1n) is 8.26. The number of aryl methyl sites for hydroxylation is 1. The first-order valence-corrected chi connectivity index (χ1v) is 8.64. The number of anilines is 1. The number of nitrogens with one attached hydrogen (secondary N) is 1. The average Bonchev–Trinajstić information content (AvgIpc) is 3.05. The Morgan fingerprint density at radius 2 is 1.88 bits per heavy atom. The van der Waals surface area contributed by atoms with E-state index in [-0.39, 0.29) is 0 Å². The molecule has 0 spiro atoms. The molecule has 0 saturated heterocycles. The van der Waals surface area contributed by atoms with Gasteiger partial charge in [0.1, 0.15) is 6.61 Å². The Hall–Kier alpha value is -2.80. The number of aromatic nitrogens is 4. The Bertz CT molecular complexity index is 868. The van der Waals surface area contributed by atoms with Gasteiger partial charge in [0.05, 0.1) is 6.61 Å². The molecule has 3 rings (SSSR count). The predicted molar refractivity (Wildman–Crippen MR) is 99.5 cm³/mol. The molecule has 3 aromatic rings. The summed E-state index contributed by atoms with van der Waals surface area (Å²) in [5, 5.41) is 15.2. The van der Waals surface area contributed by atoms with Gasteiger partial charge in [-0.15, -0.1) is 0 Å². The second-order valence-corrected chi connectivity index (χ2v) is 5.94. The molecule has 0 atom stereocenters. The number of benzene rings is 2. The molecule has 7 nitrogen and oxygen atoms in total. The summed E-state index contributed by atoms with van der Waals surface area (Å²) in [4.78, 5) is 0. The van der Waals surface area contributed by atoms with E-state index in [1.54, 1.807) is 11.7 Å². The van der Waals surface area contributed by atoms with Crippen molar-refractivity contribution in [3.8, 4) is 11.5 Å². The van der Waals surface area contributed by atoms with Crippen LogP contribution in [0.1, 0.15) is 18.1 Å². The second-order valence-electron chi connectivity index (χ2n) is 5.54. The highest BCUT2D eigenvalue weighted by atomic mass is 35.5. The van der Waals surface area contributed by atoms with Crippen molar-refractivity contribution in [1.82, 2.24) is 20.2 Å². The summed E-state index contributed by atoms with van der Waals surface area (Å²) in [6, 6.07) is 13.4. The Morgan fingerprint density at radius 3 is 2.62 bits per heavy atom. The number of para-hydroxylation sites is 1. The molecule has 8 heteroatoms. The zero-order chi connectivity index (χ0) is 18.4. The number of tetrazole rings is 1. The third kappa shape index (κ3) is 4.23. The van der Waals surface area contributed by atoms with Gasteiger partial charge in [-0.1, -0.05) is 47.0 Å². The highest BCUT2D eigenvalue weighted by Gasteiger charge is 2.13. The lowest BCUT2D eigenvalue weighted by Gasteiger charge is -2.17. The molecule has 0 aliphatic carbocycles. The van der Waals surface area contributed by atoms with E-state index in [4.69, 9.17) is 21.1 Å².